The number of hydrogen-bond donors (Lipinski definition) is 0. The minimum Gasteiger partial charge on any atom is -0.457 e. The Bertz CT molecular complexity index is 1470. The summed E-state index contributed by atoms with van der Waals surface area (Å²) in [5.41, 5.74) is 2.85. The van der Waals surface area contributed by atoms with Crippen LogP contribution < -0.4 is 0 Å². The zero-order valence-electron chi connectivity index (χ0n) is 23.4. The summed E-state index contributed by atoms with van der Waals surface area (Å²) in [6, 6.07) is 11.2. The SMILES string of the molecule is CSC1C(c2ccc(C)c(Cc3ccc(-c4cc(F)c(F)c(F)c4)s3)c2)OC(OC(C)=O)C(OC(C)=O)C1OC(C)=O. The van der Waals surface area contributed by atoms with Gasteiger partial charge in [-0.3, -0.25) is 14.4 Å². The highest BCUT2D eigenvalue weighted by Crippen LogP contribution is 2.42. The molecule has 0 saturated carbocycles. The molecule has 1 fully saturated rings. The quantitative estimate of drug-likeness (QED) is 0.165. The molecule has 1 aliphatic heterocycles. The fourth-order valence-electron chi connectivity index (χ4n) is 4.81. The minimum absolute atomic E-state index is 0.238. The maximum Gasteiger partial charge on any atom is 0.305 e. The largest absolute Gasteiger partial charge is 0.457 e. The van der Waals surface area contributed by atoms with Crippen molar-refractivity contribution in [3.05, 3.63) is 81.5 Å². The van der Waals surface area contributed by atoms with Crippen molar-refractivity contribution in [1.29, 1.82) is 0 Å². The number of esters is 3. The second-order valence-electron chi connectivity index (χ2n) is 9.77. The van der Waals surface area contributed by atoms with Gasteiger partial charge in [0.05, 0.1) is 5.25 Å². The number of aryl methyl sites for hydroxylation is 1. The highest BCUT2D eigenvalue weighted by atomic mass is 32.2. The zero-order valence-corrected chi connectivity index (χ0v) is 25.1. The highest BCUT2D eigenvalue weighted by Gasteiger charge is 2.51. The number of hydrogen-bond acceptors (Lipinski definition) is 9. The Hall–Kier alpha value is -3.35. The third-order valence-corrected chi connectivity index (χ3v) is 8.84. The van der Waals surface area contributed by atoms with Crippen molar-refractivity contribution in [2.75, 3.05) is 6.26 Å². The Labute approximate surface area is 249 Å². The number of halogens is 3. The number of thiophene rings is 1. The molecule has 224 valence electrons. The summed E-state index contributed by atoms with van der Waals surface area (Å²) in [7, 11) is 0. The van der Waals surface area contributed by atoms with Gasteiger partial charge in [-0.2, -0.15) is 11.8 Å². The van der Waals surface area contributed by atoms with Crippen molar-refractivity contribution < 1.29 is 46.5 Å². The predicted octanol–water partition coefficient (Wildman–Crippen LogP) is 6.29. The van der Waals surface area contributed by atoms with Crippen molar-refractivity contribution in [2.45, 2.75) is 64.0 Å². The molecule has 5 atom stereocenters. The van der Waals surface area contributed by atoms with Crippen molar-refractivity contribution in [3.63, 3.8) is 0 Å². The molecule has 42 heavy (non-hydrogen) atoms. The maximum absolute atomic E-state index is 13.8. The van der Waals surface area contributed by atoms with E-state index in [1.807, 2.05) is 31.2 Å². The molecule has 12 heteroatoms. The standard InChI is InChI=1S/C30H29F3O7S2/c1-14-6-7-18(10-19(14)11-21-8-9-24(42-21)20-12-22(31)25(33)23(32)13-20)26-29(41-5)27(37-15(2)34)28(38-16(3)35)30(40-26)39-17(4)36/h6-10,12-13,26-30H,11H2,1-5H3. The van der Waals surface area contributed by atoms with Gasteiger partial charge in [0.1, 0.15) is 6.10 Å². The Morgan fingerprint density at radius 2 is 1.50 bits per heavy atom. The zero-order chi connectivity index (χ0) is 30.7. The molecule has 1 aromatic heterocycles. The molecule has 5 unspecified atom stereocenters. The van der Waals surface area contributed by atoms with Crippen LogP contribution in [0.4, 0.5) is 13.2 Å². The number of benzene rings is 2. The average molecular weight is 623 g/mol. The number of carbonyl (C=O) groups excluding carboxylic acids is 3. The van der Waals surface area contributed by atoms with E-state index < -0.39 is 65.2 Å². The van der Waals surface area contributed by atoms with Crippen LogP contribution in [0.3, 0.4) is 0 Å². The summed E-state index contributed by atoms with van der Waals surface area (Å²) in [4.78, 5) is 37.3. The normalized spacial score (nSPS) is 22.0. The molecule has 0 aliphatic carbocycles. The van der Waals surface area contributed by atoms with Crippen LogP contribution in [-0.4, -0.2) is 47.9 Å². The lowest BCUT2D eigenvalue weighted by Gasteiger charge is -2.44. The van der Waals surface area contributed by atoms with Crippen LogP contribution in [0.15, 0.2) is 42.5 Å². The summed E-state index contributed by atoms with van der Waals surface area (Å²) in [6.45, 7) is 5.56. The van der Waals surface area contributed by atoms with Gasteiger partial charge in [-0.15, -0.1) is 11.3 Å². The van der Waals surface area contributed by atoms with Crippen molar-refractivity contribution in [3.8, 4) is 10.4 Å². The van der Waals surface area contributed by atoms with Crippen LogP contribution in [-0.2, 0) is 39.8 Å². The number of rotatable bonds is 8. The molecule has 7 nitrogen and oxygen atoms in total. The van der Waals surface area contributed by atoms with Gasteiger partial charge in [0.2, 0.25) is 12.4 Å². The van der Waals surface area contributed by atoms with Crippen LogP contribution in [0.5, 0.6) is 0 Å². The van der Waals surface area contributed by atoms with Gasteiger partial charge in [0, 0.05) is 36.9 Å². The summed E-state index contributed by atoms with van der Waals surface area (Å²) in [5, 5.41) is -0.530. The van der Waals surface area contributed by atoms with Gasteiger partial charge < -0.3 is 18.9 Å². The monoisotopic (exact) mass is 622 g/mol. The van der Waals surface area contributed by atoms with E-state index in [2.05, 4.69) is 0 Å². The lowest BCUT2D eigenvalue weighted by Crippen LogP contribution is -2.57. The Balaban J connectivity index is 1.67. The lowest BCUT2D eigenvalue weighted by atomic mass is 9.92. The predicted molar refractivity (Wildman–Crippen MR) is 151 cm³/mol. The molecule has 0 spiro atoms. The summed E-state index contributed by atoms with van der Waals surface area (Å²) in [6.07, 6.45) is -1.93. The van der Waals surface area contributed by atoms with Gasteiger partial charge in [-0.05, 0) is 59.7 Å². The first-order chi connectivity index (χ1) is 19.9. The number of ether oxygens (including phenoxy) is 4. The van der Waals surface area contributed by atoms with Crippen LogP contribution in [0, 0.1) is 24.4 Å². The van der Waals surface area contributed by atoms with E-state index in [1.165, 1.54) is 43.9 Å². The van der Waals surface area contributed by atoms with Crippen LogP contribution in [0.2, 0.25) is 0 Å². The second-order valence-corrected chi connectivity index (χ2v) is 11.9. The van der Waals surface area contributed by atoms with Gasteiger partial charge in [0.15, 0.2) is 23.6 Å². The van der Waals surface area contributed by atoms with Crippen molar-refractivity contribution >= 4 is 41.0 Å². The summed E-state index contributed by atoms with van der Waals surface area (Å²) in [5.74, 6) is -5.95. The van der Waals surface area contributed by atoms with Gasteiger partial charge in [-0.25, -0.2) is 13.2 Å². The van der Waals surface area contributed by atoms with Gasteiger partial charge in [0.25, 0.3) is 0 Å². The molecule has 1 saturated heterocycles. The summed E-state index contributed by atoms with van der Waals surface area (Å²) < 4.78 is 63.6. The van der Waals surface area contributed by atoms with Crippen molar-refractivity contribution in [1.82, 2.24) is 0 Å². The Morgan fingerprint density at radius 1 is 0.881 bits per heavy atom. The first kappa shape index (κ1) is 31.6. The number of thioether (sulfide) groups is 1. The highest BCUT2D eigenvalue weighted by molar-refractivity contribution is 7.99. The summed E-state index contributed by atoms with van der Waals surface area (Å²) >= 11 is 2.67. The molecule has 2 aromatic carbocycles. The third-order valence-electron chi connectivity index (χ3n) is 6.65. The van der Waals surface area contributed by atoms with E-state index in [4.69, 9.17) is 18.9 Å². The average Bonchev–Trinajstić information content (AvgIpc) is 3.37. The van der Waals surface area contributed by atoms with Gasteiger partial charge in [-0.1, -0.05) is 18.2 Å². The third kappa shape index (κ3) is 7.16. The molecule has 1 aliphatic rings. The molecule has 4 rings (SSSR count). The molecule has 0 bridgehead atoms. The smallest absolute Gasteiger partial charge is 0.305 e. The molecule has 3 aromatic rings. The fourth-order valence-corrected chi connectivity index (χ4v) is 6.78. The lowest BCUT2D eigenvalue weighted by molar-refractivity contribution is -0.266. The van der Waals surface area contributed by atoms with Gasteiger partial charge >= 0.3 is 17.9 Å². The molecule has 2 heterocycles. The van der Waals surface area contributed by atoms with E-state index in [-0.39, 0.29) is 5.56 Å². The molecular weight excluding hydrogens is 593 g/mol. The van der Waals surface area contributed by atoms with Crippen molar-refractivity contribution in [2.24, 2.45) is 0 Å². The van der Waals surface area contributed by atoms with E-state index in [0.29, 0.717) is 16.9 Å². The molecule has 0 N–H and O–H groups in total. The Morgan fingerprint density at radius 3 is 2.10 bits per heavy atom. The second kappa shape index (κ2) is 13.3. The fraction of sp³-hybridized carbons (Fsp3) is 0.367. The molecule has 0 radical (unpaired) electrons. The van der Waals surface area contributed by atoms with E-state index >= 15 is 0 Å². The molecule has 0 amide bonds. The first-order valence-electron chi connectivity index (χ1n) is 12.9. The maximum atomic E-state index is 13.8. The van der Waals surface area contributed by atoms with E-state index in [9.17, 15) is 27.6 Å². The van der Waals surface area contributed by atoms with Crippen LogP contribution in [0.1, 0.15) is 48.4 Å². The molecular formula is C30H29F3O7S2. The van der Waals surface area contributed by atoms with Crippen LogP contribution >= 0.6 is 23.1 Å². The van der Waals surface area contributed by atoms with Crippen LogP contribution in [0.25, 0.3) is 10.4 Å². The topological polar surface area (TPSA) is 88.1 Å². The minimum atomic E-state index is -1.51. The number of carbonyl (C=O) groups is 3. The first-order valence-corrected chi connectivity index (χ1v) is 15.0. The van der Waals surface area contributed by atoms with E-state index in [1.54, 1.807) is 12.3 Å². The Kier molecular flexibility index (Phi) is 10.0. The van der Waals surface area contributed by atoms with E-state index in [0.717, 1.165) is 28.1 Å².